The largest absolute Gasteiger partial charge is 0.416 e. The molecule has 0 aliphatic carbocycles. The standard InChI is InChI=1S/C23H26F3NO2/c24-23(25,26)17-7-5-16(6-8-17)20-15-29-21(19-4-2-1-3-18(19)20)9-10-22(28)11-13-27-14-12-22/h1-8,20-21,27-28H,9-15H2. The van der Waals surface area contributed by atoms with Crippen LogP contribution in [-0.2, 0) is 10.9 Å². The molecule has 3 nitrogen and oxygen atoms in total. The molecule has 0 amide bonds. The number of rotatable bonds is 4. The number of nitrogens with one attached hydrogen (secondary N) is 1. The molecule has 2 unspecified atom stereocenters. The van der Waals surface area contributed by atoms with Gasteiger partial charge in [-0.15, -0.1) is 0 Å². The summed E-state index contributed by atoms with van der Waals surface area (Å²) in [4.78, 5) is 0. The van der Waals surface area contributed by atoms with E-state index in [2.05, 4.69) is 5.32 Å². The molecule has 4 rings (SSSR count). The van der Waals surface area contributed by atoms with Crippen molar-refractivity contribution in [2.75, 3.05) is 19.7 Å². The second-order valence-electron chi connectivity index (χ2n) is 8.14. The minimum Gasteiger partial charge on any atom is -0.390 e. The van der Waals surface area contributed by atoms with Gasteiger partial charge in [-0.1, -0.05) is 36.4 Å². The summed E-state index contributed by atoms with van der Waals surface area (Å²) in [6.45, 7) is 2.08. The van der Waals surface area contributed by atoms with Gasteiger partial charge >= 0.3 is 6.18 Å². The Hall–Kier alpha value is -1.89. The van der Waals surface area contributed by atoms with Gasteiger partial charge in [0.1, 0.15) is 0 Å². The summed E-state index contributed by atoms with van der Waals surface area (Å²) in [5.74, 6) is -0.0910. The van der Waals surface area contributed by atoms with E-state index in [-0.39, 0.29) is 12.0 Å². The minimum absolute atomic E-state index is 0.0910. The van der Waals surface area contributed by atoms with Crippen LogP contribution in [0.1, 0.15) is 60.0 Å². The number of fused-ring (bicyclic) bond motifs is 1. The molecule has 0 bridgehead atoms. The molecule has 2 N–H and O–H groups in total. The van der Waals surface area contributed by atoms with E-state index in [0.29, 0.717) is 13.0 Å². The van der Waals surface area contributed by atoms with Crippen LogP contribution < -0.4 is 5.32 Å². The maximum absolute atomic E-state index is 12.9. The topological polar surface area (TPSA) is 41.5 Å². The van der Waals surface area contributed by atoms with Crippen molar-refractivity contribution in [1.29, 1.82) is 0 Å². The third-order valence-electron chi connectivity index (χ3n) is 6.23. The molecule has 156 valence electrons. The summed E-state index contributed by atoms with van der Waals surface area (Å²) in [5, 5.41) is 14.1. The van der Waals surface area contributed by atoms with Gasteiger partial charge in [-0.3, -0.25) is 0 Å². The van der Waals surface area contributed by atoms with E-state index in [0.717, 1.165) is 61.2 Å². The third-order valence-corrected chi connectivity index (χ3v) is 6.23. The molecule has 0 spiro atoms. The Kier molecular flexibility index (Phi) is 5.69. The average Bonchev–Trinajstić information content (AvgIpc) is 2.72. The third kappa shape index (κ3) is 4.49. The first-order valence-corrected chi connectivity index (χ1v) is 10.2. The monoisotopic (exact) mass is 405 g/mol. The molecule has 2 aliphatic rings. The van der Waals surface area contributed by atoms with E-state index in [9.17, 15) is 18.3 Å². The van der Waals surface area contributed by atoms with Crippen molar-refractivity contribution in [2.45, 2.75) is 49.5 Å². The number of piperidine rings is 1. The number of hydrogen-bond acceptors (Lipinski definition) is 3. The molecule has 29 heavy (non-hydrogen) atoms. The predicted molar refractivity (Wildman–Crippen MR) is 105 cm³/mol. The van der Waals surface area contributed by atoms with Gasteiger partial charge in [-0.25, -0.2) is 0 Å². The molecule has 0 radical (unpaired) electrons. The summed E-state index contributed by atoms with van der Waals surface area (Å²) in [6, 6.07) is 13.3. The van der Waals surface area contributed by atoms with E-state index in [1.54, 1.807) is 12.1 Å². The van der Waals surface area contributed by atoms with E-state index in [4.69, 9.17) is 4.74 Å². The quantitative estimate of drug-likeness (QED) is 0.768. The second kappa shape index (κ2) is 8.09. The van der Waals surface area contributed by atoms with Crippen molar-refractivity contribution in [3.8, 4) is 0 Å². The molecule has 2 aromatic carbocycles. The van der Waals surface area contributed by atoms with Gasteiger partial charge in [-0.05, 0) is 67.6 Å². The zero-order valence-corrected chi connectivity index (χ0v) is 16.2. The van der Waals surface area contributed by atoms with Crippen molar-refractivity contribution in [2.24, 2.45) is 0 Å². The molecule has 2 aromatic rings. The first kappa shape index (κ1) is 20.4. The molecule has 0 aromatic heterocycles. The summed E-state index contributed by atoms with van der Waals surface area (Å²) in [7, 11) is 0. The number of ether oxygens (including phenoxy) is 1. The first-order chi connectivity index (χ1) is 13.9. The number of hydrogen-bond donors (Lipinski definition) is 2. The molecule has 1 fully saturated rings. The van der Waals surface area contributed by atoms with Gasteiger partial charge in [-0.2, -0.15) is 13.2 Å². The van der Waals surface area contributed by atoms with E-state index >= 15 is 0 Å². The molecular formula is C23H26F3NO2. The normalized spacial score (nSPS) is 24.1. The van der Waals surface area contributed by atoms with Crippen LogP contribution in [0.2, 0.25) is 0 Å². The van der Waals surface area contributed by atoms with Crippen LogP contribution >= 0.6 is 0 Å². The van der Waals surface area contributed by atoms with Crippen molar-refractivity contribution in [1.82, 2.24) is 5.32 Å². The Morgan fingerprint density at radius 1 is 1.00 bits per heavy atom. The predicted octanol–water partition coefficient (Wildman–Crippen LogP) is 4.80. The minimum atomic E-state index is -4.33. The molecule has 2 heterocycles. The fourth-order valence-corrected chi connectivity index (χ4v) is 4.47. The maximum atomic E-state index is 12.9. The number of alkyl halides is 3. The van der Waals surface area contributed by atoms with Crippen LogP contribution in [0.5, 0.6) is 0 Å². The summed E-state index contributed by atoms with van der Waals surface area (Å²) in [6.07, 6.45) is -1.54. The highest BCUT2D eigenvalue weighted by Crippen LogP contribution is 2.41. The Labute approximate surface area is 168 Å². The van der Waals surface area contributed by atoms with Crippen LogP contribution in [0.4, 0.5) is 13.2 Å². The fraction of sp³-hybridized carbons (Fsp3) is 0.478. The van der Waals surface area contributed by atoms with Crippen molar-refractivity contribution in [3.63, 3.8) is 0 Å². The zero-order chi connectivity index (χ0) is 20.5. The number of benzene rings is 2. The molecule has 0 saturated carbocycles. The van der Waals surface area contributed by atoms with Gasteiger partial charge in [0, 0.05) is 5.92 Å². The van der Waals surface area contributed by atoms with E-state index in [1.165, 1.54) is 0 Å². The SMILES string of the molecule is OC1(CCC2OCC(c3ccc(C(F)(F)F)cc3)c3ccccc32)CCNCC1. The summed E-state index contributed by atoms with van der Waals surface area (Å²) in [5.41, 5.74) is 1.70. The lowest BCUT2D eigenvalue weighted by atomic mass is 9.81. The maximum Gasteiger partial charge on any atom is 0.416 e. The van der Waals surface area contributed by atoms with Crippen molar-refractivity contribution in [3.05, 3.63) is 70.8 Å². The Morgan fingerprint density at radius 2 is 1.66 bits per heavy atom. The molecular weight excluding hydrogens is 379 g/mol. The molecule has 6 heteroatoms. The number of halogens is 3. The van der Waals surface area contributed by atoms with Crippen LogP contribution in [0.3, 0.4) is 0 Å². The van der Waals surface area contributed by atoms with Gasteiger partial charge in [0.15, 0.2) is 0 Å². The summed E-state index contributed by atoms with van der Waals surface area (Å²) >= 11 is 0. The average molecular weight is 405 g/mol. The summed E-state index contributed by atoms with van der Waals surface area (Å²) < 4.78 is 44.8. The van der Waals surface area contributed by atoms with Gasteiger partial charge in [0.25, 0.3) is 0 Å². The van der Waals surface area contributed by atoms with Gasteiger partial charge in [0.2, 0.25) is 0 Å². The molecule has 1 saturated heterocycles. The Balaban J connectivity index is 1.52. The first-order valence-electron chi connectivity index (χ1n) is 10.2. The van der Waals surface area contributed by atoms with Crippen LogP contribution in [0.25, 0.3) is 0 Å². The van der Waals surface area contributed by atoms with Crippen molar-refractivity contribution < 1.29 is 23.0 Å². The smallest absolute Gasteiger partial charge is 0.390 e. The molecule has 2 aliphatic heterocycles. The Bertz CT molecular complexity index is 829. The van der Waals surface area contributed by atoms with Crippen LogP contribution in [0.15, 0.2) is 48.5 Å². The van der Waals surface area contributed by atoms with Gasteiger partial charge < -0.3 is 15.2 Å². The van der Waals surface area contributed by atoms with Crippen molar-refractivity contribution >= 4 is 0 Å². The second-order valence-corrected chi connectivity index (χ2v) is 8.14. The lowest BCUT2D eigenvalue weighted by molar-refractivity contribution is -0.137. The lowest BCUT2D eigenvalue weighted by Gasteiger charge is -2.36. The Morgan fingerprint density at radius 3 is 2.31 bits per heavy atom. The highest BCUT2D eigenvalue weighted by atomic mass is 19.4. The number of aliphatic hydroxyl groups is 1. The van der Waals surface area contributed by atoms with E-state index in [1.807, 2.05) is 24.3 Å². The van der Waals surface area contributed by atoms with E-state index < -0.39 is 17.3 Å². The molecule has 2 atom stereocenters. The van der Waals surface area contributed by atoms with Crippen LogP contribution in [0, 0.1) is 0 Å². The zero-order valence-electron chi connectivity index (χ0n) is 16.2. The highest BCUT2D eigenvalue weighted by molar-refractivity contribution is 5.41. The van der Waals surface area contributed by atoms with Gasteiger partial charge in [0.05, 0.1) is 23.9 Å². The van der Waals surface area contributed by atoms with Crippen LogP contribution in [-0.4, -0.2) is 30.4 Å². The highest BCUT2D eigenvalue weighted by Gasteiger charge is 2.34. The fourth-order valence-electron chi connectivity index (χ4n) is 4.47. The lowest BCUT2D eigenvalue weighted by Crippen LogP contribution is -2.42.